The lowest BCUT2D eigenvalue weighted by molar-refractivity contribution is -0.144. The first-order valence-corrected chi connectivity index (χ1v) is 9.02. The van der Waals surface area contributed by atoms with Crippen LogP contribution in [0.5, 0.6) is 0 Å². The Bertz CT molecular complexity index is 772. The summed E-state index contributed by atoms with van der Waals surface area (Å²) in [5.41, 5.74) is 0.0682. The highest BCUT2D eigenvalue weighted by atomic mass is 19.4. The number of benzene rings is 1. The molecule has 1 N–H and O–H groups in total. The van der Waals surface area contributed by atoms with Gasteiger partial charge in [0.2, 0.25) is 5.82 Å². The van der Waals surface area contributed by atoms with E-state index in [1.165, 1.54) is 6.07 Å². The Morgan fingerprint density at radius 1 is 1.07 bits per heavy atom. The highest BCUT2D eigenvalue weighted by Crippen LogP contribution is 2.30. The Morgan fingerprint density at radius 2 is 1.81 bits per heavy atom. The van der Waals surface area contributed by atoms with Crippen molar-refractivity contribution in [3.05, 3.63) is 29.8 Å². The van der Waals surface area contributed by atoms with Crippen molar-refractivity contribution in [1.82, 2.24) is 19.8 Å². The lowest BCUT2D eigenvalue weighted by Crippen LogP contribution is -2.44. The van der Waals surface area contributed by atoms with Gasteiger partial charge in [0.05, 0.1) is 5.52 Å². The lowest BCUT2D eigenvalue weighted by atomic mass is 10.2. The molecule has 0 radical (unpaired) electrons. The number of alkyl halides is 3. The molecule has 0 aliphatic carbocycles. The van der Waals surface area contributed by atoms with Gasteiger partial charge >= 0.3 is 6.18 Å². The van der Waals surface area contributed by atoms with E-state index in [0.717, 1.165) is 57.7 Å². The summed E-state index contributed by atoms with van der Waals surface area (Å²) < 4.78 is 52.6. The van der Waals surface area contributed by atoms with Crippen LogP contribution in [0, 0.1) is 5.82 Å². The number of fused-ring (bicyclic) bond motifs is 1. The van der Waals surface area contributed by atoms with Crippen LogP contribution in [0.4, 0.5) is 23.4 Å². The molecule has 0 unspecified atom stereocenters. The molecule has 0 spiro atoms. The highest BCUT2D eigenvalue weighted by Gasteiger charge is 2.35. The molecule has 1 aromatic heterocycles. The first kappa shape index (κ1) is 19.8. The van der Waals surface area contributed by atoms with Gasteiger partial charge < -0.3 is 15.1 Å². The van der Waals surface area contributed by atoms with Gasteiger partial charge in [-0.25, -0.2) is 14.4 Å². The monoisotopic (exact) mass is 385 g/mol. The van der Waals surface area contributed by atoms with Crippen LogP contribution < -0.4 is 5.32 Å². The van der Waals surface area contributed by atoms with Gasteiger partial charge in [-0.05, 0) is 44.6 Å². The van der Waals surface area contributed by atoms with Crippen LogP contribution in [0.1, 0.15) is 18.7 Å². The third-order valence-electron chi connectivity index (χ3n) is 4.70. The number of rotatable bonds is 6. The zero-order valence-electron chi connectivity index (χ0n) is 15.2. The summed E-state index contributed by atoms with van der Waals surface area (Å²) in [4.78, 5) is 11.8. The molecule has 2 heterocycles. The van der Waals surface area contributed by atoms with Crippen molar-refractivity contribution in [1.29, 1.82) is 0 Å². The summed E-state index contributed by atoms with van der Waals surface area (Å²) in [6.07, 6.45) is -2.94. The molecule has 9 heteroatoms. The Labute approximate surface area is 155 Å². The molecular weight excluding hydrogens is 362 g/mol. The summed E-state index contributed by atoms with van der Waals surface area (Å²) in [5, 5.41) is 3.18. The van der Waals surface area contributed by atoms with Crippen molar-refractivity contribution in [2.75, 3.05) is 51.6 Å². The summed E-state index contributed by atoms with van der Waals surface area (Å²) in [5.74, 6) is -1.74. The fourth-order valence-electron chi connectivity index (χ4n) is 3.10. The fraction of sp³-hybridized carbons (Fsp3) is 0.556. The minimum Gasteiger partial charge on any atom is -0.369 e. The average Bonchev–Trinajstić information content (AvgIpc) is 2.62. The van der Waals surface area contributed by atoms with Crippen LogP contribution >= 0.6 is 0 Å². The van der Waals surface area contributed by atoms with Crippen LogP contribution in [0.25, 0.3) is 10.9 Å². The number of anilines is 1. The molecule has 1 aromatic carbocycles. The van der Waals surface area contributed by atoms with E-state index in [1.807, 2.05) is 0 Å². The first-order chi connectivity index (χ1) is 12.8. The minimum absolute atomic E-state index is 0.0198. The number of piperazine rings is 1. The summed E-state index contributed by atoms with van der Waals surface area (Å²) >= 11 is 0. The van der Waals surface area contributed by atoms with E-state index in [2.05, 4.69) is 32.1 Å². The molecule has 1 aliphatic rings. The zero-order valence-corrected chi connectivity index (χ0v) is 15.2. The molecule has 0 bridgehead atoms. The van der Waals surface area contributed by atoms with Gasteiger partial charge in [-0.3, -0.25) is 0 Å². The number of aromatic nitrogens is 2. The lowest BCUT2D eigenvalue weighted by Gasteiger charge is -2.32. The SMILES string of the molecule is CN1CCN(CCCCNc2nc(C(F)(F)F)nc3ccc(F)cc23)CC1. The molecule has 0 amide bonds. The van der Waals surface area contributed by atoms with Crippen LogP contribution in [-0.2, 0) is 6.18 Å². The van der Waals surface area contributed by atoms with Crippen molar-refractivity contribution >= 4 is 16.7 Å². The zero-order chi connectivity index (χ0) is 19.4. The Kier molecular flexibility index (Phi) is 6.11. The fourth-order valence-corrected chi connectivity index (χ4v) is 3.10. The number of nitrogens with one attached hydrogen (secondary N) is 1. The van der Waals surface area contributed by atoms with Crippen LogP contribution in [-0.4, -0.2) is 66.1 Å². The van der Waals surface area contributed by atoms with Crippen LogP contribution in [0.2, 0.25) is 0 Å². The highest BCUT2D eigenvalue weighted by molar-refractivity contribution is 5.89. The number of hydrogen-bond donors (Lipinski definition) is 1. The predicted molar refractivity (Wildman–Crippen MR) is 96.2 cm³/mol. The maximum atomic E-state index is 13.5. The van der Waals surface area contributed by atoms with E-state index in [9.17, 15) is 17.6 Å². The molecule has 0 saturated carbocycles. The molecule has 3 rings (SSSR count). The Hall–Kier alpha value is -2.00. The molecule has 1 saturated heterocycles. The van der Waals surface area contributed by atoms with Gasteiger partial charge in [0, 0.05) is 38.1 Å². The largest absolute Gasteiger partial charge is 0.451 e. The van der Waals surface area contributed by atoms with E-state index in [1.54, 1.807) is 0 Å². The standard InChI is InChI=1S/C18H23F4N5/c1-26-8-10-27(11-9-26)7-3-2-6-23-16-14-12-13(19)4-5-15(14)24-17(25-16)18(20,21)22/h4-5,12H,2-3,6-11H2,1H3,(H,23,24,25). The maximum absolute atomic E-state index is 13.5. The third-order valence-corrected chi connectivity index (χ3v) is 4.70. The molecular formula is C18H23F4N5. The van der Waals surface area contributed by atoms with Crippen molar-refractivity contribution in [3.8, 4) is 0 Å². The summed E-state index contributed by atoms with van der Waals surface area (Å²) in [6.45, 7) is 5.60. The van der Waals surface area contributed by atoms with Crippen molar-refractivity contribution in [3.63, 3.8) is 0 Å². The average molecular weight is 385 g/mol. The van der Waals surface area contributed by atoms with E-state index in [0.29, 0.717) is 6.54 Å². The van der Waals surface area contributed by atoms with E-state index in [4.69, 9.17) is 0 Å². The van der Waals surface area contributed by atoms with E-state index >= 15 is 0 Å². The molecule has 2 aromatic rings. The van der Waals surface area contributed by atoms with Gasteiger partial charge in [0.25, 0.3) is 0 Å². The second-order valence-corrected chi connectivity index (χ2v) is 6.83. The van der Waals surface area contributed by atoms with Crippen molar-refractivity contribution in [2.45, 2.75) is 19.0 Å². The van der Waals surface area contributed by atoms with E-state index < -0.39 is 17.8 Å². The number of nitrogens with zero attached hydrogens (tertiary/aromatic N) is 4. The van der Waals surface area contributed by atoms with Crippen LogP contribution in [0.15, 0.2) is 18.2 Å². The molecule has 5 nitrogen and oxygen atoms in total. The molecule has 0 atom stereocenters. The molecule has 27 heavy (non-hydrogen) atoms. The van der Waals surface area contributed by atoms with E-state index in [-0.39, 0.29) is 16.7 Å². The molecule has 1 aliphatic heterocycles. The number of halogens is 4. The number of hydrogen-bond acceptors (Lipinski definition) is 5. The van der Waals surface area contributed by atoms with Crippen molar-refractivity contribution in [2.24, 2.45) is 0 Å². The Morgan fingerprint density at radius 3 is 2.52 bits per heavy atom. The van der Waals surface area contributed by atoms with Gasteiger partial charge in [0.15, 0.2) is 0 Å². The number of unbranched alkanes of at least 4 members (excludes halogenated alkanes) is 1. The minimum atomic E-state index is -4.65. The predicted octanol–water partition coefficient (Wildman–Crippen LogP) is 3.23. The summed E-state index contributed by atoms with van der Waals surface area (Å²) in [6, 6.07) is 3.48. The second-order valence-electron chi connectivity index (χ2n) is 6.83. The smallest absolute Gasteiger partial charge is 0.369 e. The molecule has 148 valence electrons. The third kappa shape index (κ3) is 5.26. The van der Waals surface area contributed by atoms with Crippen LogP contribution in [0.3, 0.4) is 0 Å². The quantitative estimate of drug-likeness (QED) is 0.611. The Balaban J connectivity index is 1.61. The van der Waals surface area contributed by atoms with Gasteiger partial charge in [0.1, 0.15) is 11.6 Å². The van der Waals surface area contributed by atoms with Gasteiger partial charge in [-0.15, -0.1) is 0 Å². The van der Waals surface area contributed by atoms with Gasteiger partial charge in [-0.1, -0.05) is 0 Å². The van der Waals surface area contributed by atoms with Crippen molar-refractivity contribution < 1.29 is 17.6 Å². The normalized spacial score (nSPS) is 16.8. The topological polar surface area (TPSA) is 44.3 Å². The number of likely N-dealkylation sites (N-methyl/N-ethyl adjacent to an activating group) is 1. The summed E-state index contributed by atoms with van der Waals surface area (Å²) in [7, 11) is 2.10. The van der Waals surface area contributed by atoms with Gasteiger partial charge in [-0.2, -0.15) is 13.2 Å². The maximum Gasteiger partial charge on any atom is 0.451 e. The molecule has 1 fully saturated rings. The first-order valence-electron chi connectivity index (χ1n) is 9.02. The second kappa shape index (κ2) is 8.35.